The van der Waals surface area contributed by atoms with Gasteiger partial charge in [0.15, 0.2) is 0 Å². The molecule has 26 heavy (non-hydrogen) atoms. The van der Waals surface area contributed by atoms with Crippen molar-refractivity contribution >= 4 is 27.9 Å². The average molecular weight is 427 g/mol. The van der Waals surface area contributed by atoms with E-state index in [2.05, 4.69) is 29.8 Å². The van der Waals surface area contributed by atoms with Gasteiger partial charge in [-0.15, -0.1) is 0 Å². The standard InChI is InChI=1S/C20H27BrO5/c1-10(2)12-6-7-20(4,9-14(22)23)16(12)13-8-11(3)17(21)18(24)15(13)19(25)26-5/h8,10,12,16,24H,6-7,9H2,1-5H3,(H,22,23). The van der Waals surface area contributed by atoms with Gasteiger partial charge in [-0.3, -0.25) is 4.79 Å². The van der Waals surface area contributed by atoms with Crippen LogP contribution in [0.1, 0.15) is 67.4 Å². The lowest BCUT2D eigenvalue weighted by Gasteiger charge is -2.36. The number of aliphatic carboxylic acids is 1. The molecule has 0 heterocycles. The van der Waals surface area contributed by atoms with E-state index in [0.717, 1.165) is 18.4 Å². The van der Waals surface area contributed by atoms with E-state index in [1.165, 1.54) is 7.11 Å². The second kappa shape index (κ2) is 7.59. The van der Waals surface area contributed by atoms with Crippen molar-refractivity contribution in [2.45, 2.75) is 52.9 Å². The molecule has 0 amide bonds. The zero-order chi connectivity index (χ0) is 19.8. The van der Waals surface area contributed by atoms with Crippen LogP contribution in [0, 0.1) is 24.2 Å². The molecular formula is C20H27BrO5. The van der Waals surface area contributed by atoms with Gasteiger partial charge in [-0.2, -0.15) is 0 Å². The number of carboxylic acid groups (broad SMARTS) is 1. The Labute approximate surface area is 162 Å². The summed E-state index contributed by atoms with van der Waals surface area (Å²) in [6.45, 7) is 8.06. The molecule has 1 aromatic rings. The summed E-state index contributed by atoms with van der Waals surface area (Å²) in [5.41, 5.74) is 1.14. The van der Waals surface area contributed by atoms with Crippen LogP contribution in [-0.4, -0.2) is 29.3 Å². The van der Waals surface area contributed by atoms with Crippen LogP contribution in [0.5, 0.6) is 5.75 Å². The fourth-order valence-electron chi connectivity index (χ4n) is 4.57. The number of phenols is 1. The van der Waals surface area contributed by atoms with Crippen molar-refractivity contribution in [1.82, 2.24) is 0 Å². The molecule has 0 aliphatic heterocycles. The Hall–Kier alpha value is -1.56. The zero-order valence-corrected chi connectivity index (χ0v) is 17.5. The highest BCUT2D eigenvalue weighted by atomic mass is 79.9. The fraction of sp³-hybridized carbons (Fsp3) is 0.600. The van der Waals surface area contributed by atoms with Gasteiger partial charge in [0, 0.05) is 0 Å². The first-order valence-corrected chi connectivity index (χ1v) is 9.64. The molecule has 0 spiro atoms. The number of hydrogen-bond donors (Lipinski definition) is 2. The first-order valence-electron chi connectivity index (χ1n) is 8.85. The van der Waals surface area contributed by atoms with E-state index < -0.39 is 17.4 Å². The van der Waals surface area contributed by atoms with Crippen LogP contribution in [0.3, 0.4) is 0 Å². The number of benzene rings is 1. The predicted molar refractivity (Wildman–Crippen MR) is 103 cm³/mol. The summed E-state index contributed by atoms with van der Waals surface area (Å²) in [5, 5.41) is 20.1. The highest BCUT2D eigenvalue weighted by Crippen LogP contribution is 2.58. The van der Waals surface area contributed by atoms with Gasteiger partial charge < -0.3 is 14.9 Å². The van der Waals surface area contributed by atoms with E-state index in [-0.39, 0.29) is 29.6 Å². The van der Waals surface area contributed by atoms with Gasteiger partial charge in [0.25, 0.3) is 0 Å². The van der Waals surface area contributed by atoms with E-state index in [1.54, 1.807) is 0 Å². The number of carbonyl (C=O) groups excluding carboxylic acids is 1. The maximum atomic E-state index is 12.5. The van der Waals surface area contributed by atoms with Crippen molar-refractivity contribution < 1.29 is 24.5 Å². The second-order valence-corrected chi connectivity index (χ2v) is 8.75. The number of esters is 1. The van der Waals surface area contributed by atoms with Crippen LogP contribution < -0.4 is 0 Å². The Bertz CT molecular complexity index is 727. The minimum atomic E-state index is -0.848. The van der Waals surface area contributed by atoms with Gasteiger partial charge in [0.05, 0.1) is 18.0 Å². The van der Waals surface area contributed by atoms with Crippen LogP contribution in [0.15, 0.2) is 10.5 Å². The number of methoxy groups -OCH3 is 1. The summed E-state index contributed by atoms with van der Waals surface area (Å²) >= 11 is 3.33. The number of hydrogen-bond acceptors (Lipinski definition) is 4. The molecule has 6 heteroatoms. The SMILES string of the molecule is COC(=O)c1c(C2C(C(C)C)CCC2(C)CC(=O)O)cc(C)c(Br)c1O. The Kier molecular flexibility index (Phi) is 6.06. The average Bonchev–Trinajstić information content (AvgIpc) is 2.87. The minimum absolute atomic E-state index is 0.0252. The molecule has 0 radical (unpaired) electrons. The molecule has 1 fully saturated rings. The lowest BCUT2D eigenvalue weighted by molar-refractivity contribution is -0.139. The smallest absolute Gasteiger partial charge is 0.341 e. The monoisotopic (exact) mass is 426 g/mol. The number of phenolic OH excluding ortho intramolecular Hbond substituents is 1. The van der Waals surface area contributed by atoms with Gasteiger partial charge in [-0.1, -0.05) is 26.8 Å². The molecule has 2 N–H and O–H groups in total. The van der Waals surface area contributed by atoms with Crippen molar-refractivity contribution in [2.75, 3.05) is 7.11 Å². The molecule has 0 bridgehead atoms. The third-order valence-electron chi connectivity index (χ3n) is 5.82. The lowest BCUT2D eigenvalue weighted by Crippen LogP contribution is -2.30. The molecular weight excluding hydrogens is 400 g/mol. The van der Waals surface area contributed by atoms with Crippen LogP contribution in [0.2, 0.25) is 0 Å². The molecule has 3 atom stereocenters. The number of carboxylic acids is 1. The molecule has 1 aliphatic carbocycles. The largest absolute Gasteiger partial charge is 0.506 e. The Morgan fingerprint density at radius 3 is 2.54 bits per heavy atom. The van der Waals surface area contributed by atoms with Crippen LogP contribution in [0.4, 0.5) is 0 Å². The topological polar surface area (TPSA) is 83.8 Å². The summed E-state index contributed by atoms with van der Waals surface area (Å²) in [7, 11) is 1.28. The van der Waals surface area contributed by atoms with E-state index in [0.29, 0.717) is 16.0 Å². The summed E-state index contributed by atoms with van der Waals surface area (Å²) in [6, 6.07) is 1.89. The van der Waals surface area contributed by atoms with Gasteiger partial charge >= 0.3 is 11.9 Å². The van der Waals surface area contributed by atoms with Gasteiger partial charge in [-0.25, -0.2) is 4.79 Å². The number of carbonyl (C=O) groups is 2. The van der Waals surface area contributed by atoms with E-state index in [9.17, 15) is 19.8 Å². The third kappa shape index (κ3) is 3.61. The minimum Gasteiger partial charge on any atom is -0.506 e. The Morgan fingerprint density at radius 1 is 1.42 bits per heavy atom. The summed E-state index contributed by atoms with van der Waals surface area (Å²) in [6.07, 6.45) is 1.68. The number of halogens is 1. The van der Waals surface area contributed by atoms with E-state index >= 15 is 0 Å². The molecule has 2 rings (SSSR count). The second-order valence-electron chi connectivity index (χ2n) is 7.96. The zero-order valence-electron chi connectivity index (χ0n) is 15.9. The van der Waals surface area contributed by atoms with Crippen molar-refractivity contribution in [3.05, 3.63) is 27.2 Å². The van der Waals surface area contributed by atoms with Gasteiger partial charge in [0.1, 0.15) is 11.3 Å². The number of rotatable bonds is 5. The Morgan fingerprint density at radius 2 is 2.04 bits per heavy atom. The number of ether oxygens (including phenoxy) is 1. The van der Waals surface area contributed by atoms with E-state index in [1.807, 2.05) is 19.9 Å². The Balaban J connectivity index is 2.75. The molecule has 3 unspecified atom stereocenters. The normalized spacial score (nSPS) is 25.5. The summed E-state index contributed by atoms with van der Waals surface area (Å²) in [5.74, 6) is -1.19. The number of aryl methyl sites for hydroxylation is 1. The third-order valence-corrected chi connectivity index (χ3v) is 6.82. The first kappa shape index (κ1) is 20.7. The summed E-state index contributed by atoms with van der Waals surface area (Å²) < 4.78 is 5.38. The van der Waals surface area contributed by atoms with Crippen LogP contribution in [-0.2, 0) is 9.53 Å². The molecule has 0 aromatic heterocycles. The van der Waals surface area contributed by atoms with Crippen molar-refractivity contribution in [2.24, 2.45) is 17.3 Å². The van der Waals surface area contributed by atoms with Crippen LogP contribution >= 0.6 is 15.9 Å². The van der Waals surface area contributed by atoms with Crippen molar-refractivity contribution in [3.8, 4) is 5.75 Å². The van der Waals surface area contributed by atoms with Gasteiger partial charge in [-0.05, 0) is 70.0 Å². The van der Waals surface area contributed by atoms with Crippen molar-refractivity contribution in [1.29, 1.82) is 0 Å². The molecule has 1 saturated carbocycles. The molecule has 1 aromatic carbocycles. The first-order chi connectivity index (χ1) is 12.0. The molecule has 0 saturated heterocycles. The maximum Gasteiger partial charge on any atom is 0.341 e. The predicted octanol–water partition coefficient (Wildman–Crippen LogP) is 4.88. The van der Waals surface area contributed by atoms with Crippen LogP contribution in [0.25, 0.3) is 0 Å². The maximum absolute atomic E-state index is 12.5. The molecule has 5 nitrogen and oxygen atoms in total. The van der Waals surface area contributed by atoms with Crippen molar-refractivity contribution in [3.63, 3.8) is 0 Å². The quantitative estimate of drug-likeness (QED) is 0.655. The highest BCUT2D eigenvalue weighted by molar-refractivity contribution is 9.10. The molecule has 144 valence electrons. The molecule has 1 aliphatic rings. The number of aromatic hydroxyl groups is 1. The fourth-order valence-corrected chi connectivity index (χ4v) is 4.88. The summed E-state index contributed by atoms with van der Waals surface area (Å²) in [4.78, 5) is 24.0. The highest BCUT2D eigenvalue weighted by Gasteiger charge is 2.49. The van der Waals surface area contributed by atoms with Gasteiger partial charge in [0.2, 0.25) is 0 Å². The lowest BCUT2D eigenvalue weighted by atomic mass is 9.67. The van der Waals surface area contributed by atoms with E-state index in [4.69, 9.17) is 4.74 Å².